The lowest BCUT2D eigenvalue weighted by molar-refractivity contribution is 0.0943. The third kappa shape index (κ3) is 8.71. The Bertz CT molecular complexity index is 983. The number of hydrogen-bond donors (Lipinski definition) is 4. The summed E-state index contributed by atoms with van der Waals surface area (Å²) in [7, 11) is 0. The van der Waals surface area contributed by atoms with Crippen LogP contribution in [0.15, 0.2) is 47.5 Å². The molecule has 0 aliphatic heterocycles. The van der Waals surface area contributed by atoms with Gasteiger partial charge in [-0.05, 0) is 51.8 Å². The zero-order valence-electron chi connectivity index (χ0n) is 21.0. The van der Waals surface area contributed by atoms with Gasteiger partial charge in [-0.2, -0.15) is 0 Å². The highest BCUT2D eigenvalue weighted by Crippen LogP contribution is 2.30. The number of nitrogens with one attached hydrogen (secondary N) is 2. The van der Waals surface area contributed by atoms with Crippen LogP contribution in [0.1, 0.15) is 78.9 Å². The smallest absolute Gasteiger partial charge is 0.251 e. The number of amides is 2. The van der Waals surface area contributed by atoms with Crippen LogP contribution in [-0.4, -0.2) is 30.9 Å². The first-order valence-corrected chi connectivity index (χ1v) is 11.1. The molecule has 7 nitrogen and oxygen atoms in total. The van der Waals surface area contributed by atoms with Gasteiger partial charge >= 0.3 is 0 Å². The molecular formula is C26H38ClN5O2. The lowest BCUT2D eigenvalue weighted by Crippen LogP contribution is -2.28. The number of aliphatic imine (C=N–C) groups is 1. The molecule has 0 aliphatic rings. The number of carbonyl (C=O) groups excluding carboxylic acids is 2. The Hall–Kier alpha value is -3.06. The summed E-state index contributed by atoms with van der Waals surface area (Å²) in [5.41, 5.74) is 14.8. The first-order chi connectivity index (χ1) is 15.3. The molecule has 2 aromatic carbocycles. The van der Waals surface area contributed by atoms with Crippen LogP contribution in [0.3, 0.4) is 0 Å². The number of nitrogens with zero attached hydrogens (tertiary/aromatic N) is 1. The standard InChI is InChI=1S/C26H37N5O2.ClH/c1-25(2,3)20-13-19(14-21(15-20)26(4,5)6)23(33)31-16-17-7-9-18(10-8-17)22(32)29-11-12-30-24(27)28;/h7-10,13-15H,11-12,16H2,1-6H3,(H,29,32)(H,31,33)(H4,27,28,30);1H. The molecule has 0 fully saturated rings. The van der Waals surface area contributed by atoms with Gasteiger partial charge in [0.25, 0.3) is 11.8 Å². The average molecular weight is 488 g/mol. The van der Waals surface area contributed by atoms with Crippen molar-refractivity contribution in [2.24, 2.45) is 16.5 Å². The number of rotatable bonds is 7. The number of carbonyl (C=O) groups is 2. The van der Waals surface area contributed by atoms with Gasteiger partial charge in [0, 0.05) is 24.2 Å². The average Bonchev–Trinajstić information content (AvgIpc) is 2.73. The van der Waals surface area contributed by atoms with E-state index >= 15 is 0 Å². The molecule has 0 aliphatic carbocycles. The molecule has 0 unspecified atom stereocenters. The molecule has 0 spiro atoms. The number of benzene rings is 2. The molecule has 8 heteroatoms. The van der Waals surface area contributed by atoms with E-state index in [1.165, 1.54) is 0 Å². The van der Waals surface area contributed by atoms with Gasteiger partial charge in [0.05, 0.1) is 6.54 Å². The van der Waals surface area contributed by atoms with Gasteiger partial charge < -0.3 is 22.1 Å². The predicted molar refractivity (Wildman–Crippen MR) is 142 cm³/mol. The minimum Gasteiger partial charge on any atom is -0.370 e. The number of guanidine groups is 1. The first-order valence-electron chi connectivity index (χ1n) is 11.1. The van der Waals surface area contributed by atoms with E-state index in [0.717, 1.165) is 16.7 Å². The van der Waals surface area contributed by atoms with Crippen molar-refractivity contribution in [1.29, 1.82) is 0 Å². The van der Waals surface area contributed by atoms with Crippen LogP contribution in [-0.2, 0) is 17.4 Å². The van der Waals surface area contributed by atoms with E-state index in [1.807, 2.05) is 24.3 Å². The monoisotopic (exact) mass is 487 g/mol. The third-order valence-electron chi connectivity index (χ3n) is 5.29. The van der Waals surface area contributed by atoms with Gasteiger partial charge in [0.1, 0.15) is 0 Å². The number of nitrogens with two attached hydrogens (primary N) is 2. The van der Waals surface area contributed by atoms with E-state index in [1.54, 1.807) is 12.1 Å². The minimum atomic E-state index is -0.204. The Morgan fingerprint density at radius 1 is 0.794 bits per heavy atom. The summed E-state index contributed by atoms with van der Waals surface area (Å²) in [5.74, 6) is -0.325. The Kier molecular flexibility index (Phi) is 10.1. The van der Waals surface area contributed by atoms with Crippen molar-refractivity contribution in [2.75, 3.05) is 13.1 Å². The van der Waals surface area contributed by atoms with Gasteiger partial charge in [0.15, 0.2) is 5.96 Å². The zero-order valence-corrected chi connectivity index (χ0v) is 21.8. The van der Waals surface area contributed by atoms with Crippen molar-refractivity contribution >= 4 is 30.2 Å². The zero-order chi connectivity index (χ0) is 24.8. The summed E-state index contributed by atoms with van der Waals surface area (Å²) in [6.45, 7) is 13.9. The SMILES string of the molecule is CC(C)(C)c1cc(C(=O)NCc2ccc(C(=O)NCCN=C(N)N)cc2)cc(C(C)(C)C)c1.Cl. The fourth-order valence-corrected chi connectivity index (χ4v) is 3.14. The maximum absolute atomic E-state index is 12.9. The van der Waals surface area contributed by atoms with E-state index in [-0.39, 0.29) is 41.0 Å². The van der Waals surface area contributed by atoms with E-state index in [2.05, 4.69) is 63.2 Å². The molecule has 0 bridgehead atoms. The van der Waals surface area contributed by atoms with E-state index in [4.69, 9.17) is 11.5 Å². The van der Waals surface area contributed by atoms with Gasteiger partial charge in [-0.25, -0.2) is 0 Å². The Balaban J connectivity index is 0.00000578. The fraction of sp³-hybridized carbons (Fsp3) is 0.423. The molecule has 6 N–H and O–H groups in total. The summed E-state index contributed by atoms with van der Waals surface area (Å²) >= 11 is 0. The van der Waals surface area contributed by atoms with Gasteiger partial charge in [-0.3, -0.25) is 14.6 Å². The van der Waals surface area contributed by atoms with E-state index in [9.17, 15) is 9.59 Å². The molecular weight excluding hydrogens is 450 g/mol. The molecule has 2 rings (SSSR count). The van der Waals surface area contributed by atoms with Crippen LogP contribution in [0.2, 0.25) is 0 Å². The van der Waals surface area contributed by atoms with Crippen LogP contribution in [0.5, 0.6) is 0 Å². The second kappa shape index (κ2) is 11.9. The topological polar surface area (TPSA) is 123 Å². The van der Waals surface area contributed by atoms with Crippen molar-refractivity contribution in [1.82, 2.24) is 10.6 Å². The second-order valence-electron chi connectivity index (χ2n) is 10.2. The molecule has 0 heterocycles. The van der Waals surface area contributed by atoms with Gasteiger partial charge in [-0.15, -0.1) is 12.4 Å². The first kappa shape index (κ1) is 29.0. The molecule has 0 saturated heterocycles. The van der Waals surface area contributed by atoms with Gasteiger partial charge in [0.2, 0.25) is 0 Å². The highest BCUT2D eigenvalue weighted by Gasteiger charge is 2.22. The maximum Gasteiger partial charge on any atom is 0.251 e. The predicted octanol–water partition coefficient (Wildman–Crippen LogP) is 3.64. The molecule has 2 amide bonds. The lowest BCUT2D eigenvalue weighted by atomic mass is 9.79. The third-order valence-corrected chi connectivity index (χ3v) is 5.29. The molecule has 186 valence electrons. The summed E-state index contributed by atoms with van der Waals surface area (Å²) in [6, 6.07) is 13.3. The number of hydrogen-bond acceptors (Lipinski definition) is 3. The van der Waals surface area contributed by atoms with Crippen LogP contribution >= 0.6 is 12.4 Å². The fourth-order valence-electron chi connectivity index (χ4n) is 3.14. The molecule has 0 radical (unpaired) electrons. The van der Waals surface area contributed by atoms with Crippen molar-refractivity contribution in [3.05, 3.63) is 70.3 Å². The van der Waals surface area contributed by atoms with Crippen LogP contribution < -0.4 is 22.1 Å². The summed E-state index contributed by atoms with van der Waals surface area (Å²) in [6.07, 6.45) is 0. The molecule has 0 atom stereocenters. The van der Waals surface area contributed by atoms with Crippen LogP contribution in [0.4, 0.5) is 0 Å². The molecule has 0 saturated carbocycles. The van der Waals surface area contributed by atoms with Crippen molar-refractivity contribution < 1.29 is 9.59 Å². The quantitative estimate of drug-likeness (QED) is 0.270. The number of halogens is 1. The van der Waals surface area contributed by atoms with Gasteiger partial charge in [-0.1, -0.05) is 59.7 Å². The lowest BCUT2D eigenvalue weighted by Gasteiger charge is -2.26. The van der Waals surface area contributed by atoms with E-state index < -0.39 is 0 Å². The van der Waals surface area contributed by atoms with E-state index in [0.29, 0.717) is 30.8 Å². The van der Waals surface area contributed by atoms with Crippen LogP contribution in [0, 0.1) is 0 Å². The van der Waals surface area contributed by atoms with Crippen molar-refractivity contribution in [3.8, 4) is 0 Å². The highest BCUT2D eigenvalue weighted by molar-refractivity contribution is 5.95. The second-order valence-corrected chi connectivity index (χ2v) is 10.2. The summed E-state index contributed by atoms with van der Waals surface area (Å²) in [4.78, 5) is 29.0. The minimum absolute atomic E-state index is 0. The Labute approximate surface area is 209 Å². The van der Waals surface area contributed by atoms with Crippen LogP contribution in [0.25, 0.3) is 0 Å². The summed E-state index contributed by atoms with van der Waals surface area (Å²) in [5, 5.41) is 5.75. The molecule has 0 aromatic heterocycles. The largest absolute Gasteiger partial charge is 0.370 e. The van der Waals surface area contributed by atoms with Crippen molar-refractivity contribution in [3.63, 3.8) is 0 Å². The summed E-state index contributed by atoms with van der Waals surface area (Å²) < 4.78 is 0. The van der Waals surface area contributed by atoms with Crippen molar-refractivity contribution in [2.45, 2.75) is 58.9 Å². The highest BCUT2D eigenvalue weighted by atomic mass is 35.5. The normalized spacial score (nSPS) is 11.2. The molecule has 2 aromatic rings. The maximum atomic E-state index is 12.9. The Morgan fingerprint density at radius 2 is 1.29 bits per heavy atom. The Morgan fingerprint density at radius 3 is 1.76 bits per heavy atom. The molecule has 34 heavy (non-hydrogen) atoms.